The number of rotatable bonds is 86. The van der Waals surface area contributed by atoms with Gasteiger partial charge in [-0.1, -0.05) is 413 Å². The normalized spacial score (nSPS) is 13.8. The van der Waals surface area contributed by atoms with Gasteiger partial charge in [-0.3, -0.25) is 37.3 Å². The minimum atomic E-state index is -4.97. The van der Waals surface area contributed by atoms with Crippen LogP contribution >= 0.6 is 15.6 Å². The van der Waals surface area contributed by atoms with E-state index in [4.69, 9.17) is 37.0 Å². The molecule has 0 saturated carbocycles. The van der Waals surface area contributed by atoms with Gasteiger partial charge in [0.05, 0.1) is 26.4 Å². The van der Waals surface area contributed by atoms with E-state index in [9.17, 15) is 43.2 Å². The summed E-state index contributed by atoms with van der Waals surface area (Å²) in [6.45, 7) is 7.31. The van der Waals surface area contributed by atoms with Gasteiger partial charge in [0.1, 0.15) is 19.3 Å². The molecule has 0 bridgehead atoms. The number of aliphatic hydroxyl groups excluding tert-OH is 1. The Morgan fingerprint density at radius 1 is 0.257 bits per heavy atom. The smallest absolute Gasteiger partial charge is 0.462 e. The molecule has 105 heavy (non-hydrogen) atoms. The van der Waals surface area contributed by atoms with E-state index in [1.54, 1.807) is 0 Å². The van der Waals surface area contributed by atoms with Gasteiger partial charge >= 0.3 is 39.5 Å². The van der Waals surface area contributed by atoms with Crippen molar-refractivity contribution < 1.29 is 80.2 Å². The summed E-state index contributed by atoms with van der Waals surface area (Å²) in [7, 11) is -9.93. The lowest BCUT2D eigenvalue weighted by atomic mass is 10.0. The Morgan fingerprint density at radius 2 is 0.438 bits per heavy atom. The number of carbonyl (C=O) groups excluding carboxylic acids is 4. The fraction of sp³-hybridized carbons (Fsp3) is 0.953. The lowest BCUT2D eigenvalue weighted by Gasteiger charge is -2.21. The highest BCUT2D eigenvalue weighted by molar-refractivity contribution is 7.47. The summed E-state index contributed by atoms with van der Waals surface area (Å²) in [5.74, 6) is -1.40. The summed E-state index contributed by atoms with van der Waals surface area (Å²) in [6, 6.07) is 0. The lowest BCUT2D eigenvalue weighted by molar-refractivity contribution is -0.161. The van der Waals surface area contributed by atoms with Gasteiger partial charge in [-0.25, -0.2) is 9.13 Å². The van der Waals surface area contributed by atoms with Crippen LogP contribution in [-0.4, -0.2) is 96.7 Å². The van der Waals surface area contributed by atoms with Crippen molar-refractivity contribution in [3.8, 4) is 0 Å². The Morgan fingerprint density at radius 3 is 0.648 bits per heavy atom. The van der Waals surface area contributed by atoms with E-state index in [-0.39, 0.29) is 25.7 Å². The zero-order chi connectivity index (χ0) is 76.9. The molecule has 0 aliphatic rings. The van der Waals surface area contributed by atoms with E-state index in [1.165, 1.54) is 283 Å². The van der Waals surface area contributed by atoms with Gasteiger partial charge in [0, 0.05) is 25.7 Å². The van der Waals surface area contributed by atoms with E-state index >= 15 is 0 Å². The zero-order valence-electron chi connectivity index (χ0n) is 68.9. The number of carbonyl (C=O) groups is 4. The van der Waals surface area contributed by atoms with Gasteiger partial charge in [-0.15, -0.1) is 0 Å². The summed E-state index contributed by atoms with van der Waals surface area (Å²) in [6.07, 6.45) is 72.4. The van der Waals surface area contributed by atoms with Gasteiger partial charge < -0.3 is 33.8 Å². The second-order valence-corrected chi connectivity index (χ2v) is 34.3. The maximum atomic E-state index is 13.1. The van der Waals surface area contributed by atoms with Crippen LogP contribution in [0.3, 0.4) is 0 Å². The van der Waals surface area contributed by atoms with Crippen molar-refractivity contribution in [1.29, 1.82) is 0 Å². The average molecular weight is 1540 g/mol. The molecule has 3 N–H and O–H groups in total. The molecule has 17 nitrogen and oxygen atoms in total. The van der Waals surface area contributed by atoms with Gasteiger partial charge in [-0.2, -0.15) is 0 Å². The van der Waals surface area contributed by atoms with Crippen LogP contribution in [0.2, 0.25) is 0 Å². The second kappa shape index (κ2) is 78.7. The third-order valence-corrected chi connectivity index (χ3v) is 22.2. The Kier molecular flexibility index (Phi) is 77.3. The van der Waals surface area contributed by atoms with Gasteiger partial charge in [0.25, 0.3) is 0 Å². The zero-order valence-corrected chi connectivity index (χ0v) is 70.7. The summed E-state index contributed by atoms with van der Waals surface area (Å²) >= 11 is 0. The van der Waals surface area contributed by atoms with Crippen molar-refractivity contribution in [2.24, 2.45) is 5.92 Å². The molecule has 624 valence electrons. The molecule has 0 aliphatic carbocycles. The number of phosphoric ester groups is 2. The summed E-state index contributed by atoms with van der Waals surface area (Å²) in [4.78, 5) is 73.2. The quantitative estimate of drug-likeness (QED) is 0.0222. The van der Waals surface area contributed by atoms with Crippen LogP contribution in [0.4, 0.5) is 0 Å². The van der Waals surface area contributed by atoms with Gasteiger partial charge in [-0.05, 0) is 31.6 Å². The molecule has 2 unspecified atom stereocenters. The molecule has 0 radical (unpaired) electrons. The van der Waals surface area contributed by atoms with Crippen molar-refractivity contribution in [2.75, 3.05) is 39.6 Å². The Balaban J connectivity index is 5.21. The number of ether oxygens (including phenoxy) is 4. The number of aliphatic hydroxyl groups is 1. The fourth-order valence-corrected chi connectivity index (χ4v) is 15.1. The maximum Gasteiger partial charge on any atom is 0.472 e. The maximum absolute atomic E-state index is 13.1. The van der Waals surface area contributed by atoms with Gasteiger partial charge in [0.15, 0.2) is 12.2 Å². The summed E-state index contributed by atoms with van der Waals surface area (Å²) in [5.41, 5.74) is 0. The highest BCUT2D eigenvalue weighted by Crippen LogP contribution is 2.45. The summed E-state index contributed by atoms with van der Waals surface area (Å²) in [5, 5.41) is 10.7. The first-order valence-electron chi connectivity index (χ1n) is 44.6. The predicted octanol–water partition coefficient (Wildman–Crippen LogP) is 26.4. The van der Waals surface area contributed by atoms with Crippen LogP contribution in [0.25, 0.3) is 0 Å². The van der Waals surface area contributed by atoms with Crippen molar-refractivity contribution in [2.45, 2.75) is 483 Å². The molecule has 0 heterocycles. The highest BCUT2D eigenvalue weighted by atomic mass is 31.2. The number of phosphoric acid groups is 2. The highest BCUT2D eigenvalue weighted by Gasteiger charge is 2.30. The first-order valence-corrected chi connectivity index (χ1v) is 47.6. The first kappa shape index (κ1) is 103. The Hall–Kier alpha value is -1.94. The van der Waals surface area contributed by atoms with Crippen LogP contribution in [0.5, 0.6) is 0 Å². The van der Waals surface area contributed by atoms with E-state index in [1.807, 2.05) is 0 Å². The SMILES string of the molecule is CCCCCCCCCCCCCCCCCCCCCCCCC(=O)O[C@H](COC(=O)CCCCCCCCCCCCCCCCCCC)COP(=O)(O)OC[C@@H](O)COP(=O)(O)OC[C@@H](COC(=O)CCCCCCCCCC(C)C)OC(=O)CCCCCCCCCCCCCCCCCC. The van der Waals surface area contributed by atoms with E-state index in [0.29, 0.717) is 31.6 Å². The minimum Gasteiger partial charge on any atom is -0.462 e. The molecule has 0 aromatic heterocycles. The number of esters is 4. The molecule has 0 rings (SSSR count). The monoisotopic (exact) mass is 1540 g/mol. The molecule has 0 aromatic carbocycles. The Labute approximate surface area is 645 Å². The Bertz CT molecular complexity index is 2000. The van der Waals surface area contributed by atoms with Crippen LogP contribution in [-0.2, 0) is 65.4 Å². The van der Waals surface area contributed by atoms with E-state index in [0.717, 1.165) is 96.3 Å². The average Bonchev–Trinajstić information content (AvgIpc) is 0.962. The van der Waals surface area contributed by atoms with Crippen molar-refractivity contribution in [1.82, 2.24) is 0 Å². The molecule has 5 atom stereocenters. The topological polar surface area (TPSA) is 237 Å². The molecule has 0 amide bonds. The molecular weight excluding hydrogens is 1370 g/mol. The van der Waals surface area contributed by atoms with Crippen molar-refractivity contribution in [3.05, 3.63) is 0 Å². The third kappa shape index (κ3) is 79.9. The van der Waals surface area contributed by atoms with Crippen molar-refractivity contribution >= 4 is 39.5 Å². The van der Waals surface area contributed by atoms with E-state index < -0.39 is 97.5 Å². The van der Waals surface area contributed by atoms with Crippen molar-refractivity contribution in [3.63, 3.8) is 0 Å². The fourth-order valence-electron chi connectivity index (χ4n) is 13.5. The number of hydrogen-bond acceptors (Lipinski definition) is 15. The van der Waals surface area contributed by atoms with Crippen LogP contribution < -0.4 is 0 Å². The number of unbranched alkanes of at least 4 members (excludes halogenated alkanes) is 58. The number of hydrogen-bond donors (Lipinski definition) is 3. The van der Waals surface area contributed by atoms with Crippen LogP contribution in [0.15, 0.2) is 0 Å². The van der Waals surface area contributed by atoms with Crippen LogP contribution in [0.1, 0.15) is 465 Å². The standard InChI is InChI=1S/C86H168O17P2/c1-6-9-12-15-18-21-24-27-30-33-34-35-36-37-39-42-45-48-51-56-62-67-71-85(90)102-81(75-96-83(88)69-64-59-54-49-46-43-41-38-31-28-25-22-19-16-13-10-7-2)77-100-104(92,93)98-73-80(87)74-99-105(94,95)101-78-82(76-97-84(89)70-65-60-57-52-53-58-63-68-79(4)5)103-86(91)72-66-61-55-50-47-44-40-32-29-26-23-20-17-14-11-8-3/h79-82,87H,6-78H2,1-5H3,(H,92,93)(H,94,95)/t80-,81-,82-/m1/s1. The molecule has 19 heteroatoms. The first-order chi connectivity index (χ1) is 51.0. The molecular formula is C86H168O17P2. The third-order valence-electron chi connectivity index (χ3n) is 20.3. The molecule has 0 saturated heterocycles. The molecule has 0 fully saturated rings. The minimum absolute atomic E-state index is 0.108. The second-order valence-electron chi connectivity index (χ2n) is 31.4. The molecule has 0 spiro atoms. The molecule has 0 aromatic rings. The predicted molar refractivity (Wildman–Crippen MR) is 432 cm³/mol. The molecule has 0 aliphatic heterocycles. The van der Waals surface area contributed by atoms with Crippen LogP contribution in [0, 0.1) is 5.92 Å². The summed E-state index contributed by atoms with van der Waals surface area (Å²) < 4.78 is 68.9. The van der Waals surface area contributed by atoms with E-state index in [2.05, 4.69) is 34.6 Å². The largest absolute Gasteiger partial charge is 0.472 e. The lowest BCUT2D eigenvalue weighted by Crippen LogP contribution is -2.30. The van der Waals surface area contributed by atoms with Gasteiger partial charge in [0.2, 0.25) is 0 Å².